The summed E-state index contributed by atoms with van der Waals surface area (Å²) in [4.78, 5) is 6.48. The fourth-order valence-electron chi connectivity index (χ4n) is 4.05. The van der Waals surface area contributed by atoms with Gasteiger partial charge < -0.3 is 0 Å². The van der Waals surface area contributed by atoms with Crippen LogP contribution in [-0.4, -0.2) is 5.06 Å². The Kier molecular flexibility index (Phi) is 5.94. The number of rotatable bonds is 8. The Labute approximate surface area is 174 Å². The van der Waals surface area contributed by atoms with Gasteiger partial charge in [-0.1, -0.05) is 103 Å². The van der Waals surface area contributed by atoms with Crippen molar-refractivity contribution < 1.29 is 4.84 Å². The Morgan fingerprint density at radius 2 is 1.34 bits per heavy atom. The van der Waals surface area contributed by atoms with Crippen molar-refractivity contribution in [2.24, 2.45) is 0 Å². The Morgan fingerprint density at radius 1 is 0.828 bits per heavy atom. The normalized spacial score (nSPS) is 20.4. The second-order valence-electron chi connectivity index (χ2n) is 7.97. The van der Waals surface area contributed by atoms with Gasteiger partial charge in [-0.3, -0.25) is 4.84 Å². The Hall–Kier alpha value is -2.68. The van der Waals surface area contributed by atoms with E-state index in [1.807, 2.05) is 0 Å². The van der Waals surface area contributed by atoms with E-state index in [1.54, 1.807) is 0 Å². The van der Waals surface area contributed by atoms with E-state index in [9.17, 15) is 0 Å². The van der Waals surface area contributed by atoms with Gasteiger partial charge in [-0.05, 0) is 44.2 Å². The predicted octanol–water partition coefficient (Wildman–Crippen LogP) is 7.01. The minimum absolute atomic E-state index is 0.0704. The Bertz CT molecular complexity index is 893. The molecule has 0 aliphatic carbocycles. The fourth-order valence-corrected chi connectivity index (χ4v) is 4.05. The maximum absolute atomic E-state index is 6.48. The summed E-state index contributed by atoms with van der Waals surface area (Å²) in [6.45, 7) is 4.32. The van der Waals surface area contributed by atoms with Gasteiger partial charge in [0.2, 0.25) is 0 Å². The molecule has 1 aliphatic rings. The second-order valence-corrected chi connectivity index (χ2v) is 7.97. The summed E-state index contributed by atoms with van der Waals surface area (Å²) >= 11 is 0. The first-order valence-corrected chi connectivity index (χ1v) is 10.5. The number of nitrogens with zero attached hydrogens (tertiary/aromatic N) is 1. The molecule has 148 valence electrons. The van der Waals surface area contributed by atoms with Crippen LogP contribution in [0.3, 0.4) is 0 Å². The zero-order chi connectivity index (χ0) is 20.1. The molecule has 29 heavy (non-hydrogen) atoms. The predicted molar refractivity (Wildman–Crippen MR) is 119 cm³/mol. The standard InChI is InChI=1S/C27H29NO/c1-22(2)14-12-13-21-27(25-19-10-5-11-20-25)28(29-27)26(23-15-6-3-7-16-23)24-17-8-4-9-18-24/h3-11,14-20,26H,12-13,21H2,1-2H3/t27-,28?/m0/s1. The number of benzene rings is 3. The smallest absolute Gasteiger partial charge is 0.191 e. The molecule has 2 nitrogen and oxygen atoms in total. The molecule has 1 fully saturated rings. The van der Waals surface area contributed by atoms with E-state index >= 15 is 0 Å². The minimum atomic E-state index is -0.368. The third-order valence-corrected chi connectivity index (χ3v) is 5.54. The average molecular weight is 384 g/mol. The maximum Gasteiger partial charge on any atom is 0.191 e. The molecule has 1 aliphatic heterocycles. The first kappa shape index (κ1) is 19.6. The molecule has 0 amide bonds. The van der Waals surface area contributed by atoms with E-state index in [0.29, 0.717) is 0 Å². The lowest BCUT2D eigenvalue weighted by Crippen LogP contribution is -2.21. The van der Waals surface area contributed by atoms with Crippen molar-refractivity contribution in [3.05, 3.63) is 119 Å². The summed E-state index contributed by atoms with van der Waals surface area (Å²) in [7, 11) is 0. The van der Waals surface area contributed by atoms with Crippen molar-refractivity contribution in [2.75, 3.05) is 0 Å². The van der Waals surface area contributed by atoms with E-state index < -0.39 is 0 Å². The van der Waals surface area contributed by atoms with Crippen molar-refractivity contribution in [3.63, 3.8) is 0 Å². The molecular weight excluding hydrogens is 354 g/mol. The molecule has 3 aromatic rings. The van der Waals surface area contributed by atoms with Crippen LogP contribution in [0.15, 0.2) is 103 Å². The lowest BCUT2D eigenvalue weighted by atomic mass is 9.93. The number of hydroxylamine groups is 2. The van der Waals surface area contributed by atoms with Crippen LogP contribution in [0.5, 0.6) is 0 Å². The van der Waals surface area contributed by atoms with Crippen molar-refractivity contribution in [1.29, 1.82) is 0 Å². The first-order chi connectivity index (χ1) is 14.2. The SMILES string of the molecule is CC(C)=CCCC[C@@]1(c2ccccc2)ON1C(c1ccccc1)c1ccccc1. The summed E-state index contributed by atoms with van der Waals surface area (Å²) in [6, 6.07) is 32.1. The molecular formula is C27H29NO. The van der Waals surface area contributed by atoms with E-state index in [2.05, 4.69) is 116 Å². The van der Waals surface area contributed by atoms with E-state index in [1.165, 1.54) is 22.3 Å². The van der Waals surface area contributed by atoms with E-state index in [0.717, 1.165) is 19.3 Å². The molecule has 3 aromatic carbocycles. The molecule has 0 saturated carbocycles. The highest BCUT2D eigenvalue weighted by molar-refractivity contribution is 5.35. The maximum atomic E-state index is 6.48. The molecule has 1 unspecified atom stereocenters. The summed E-state index contributed by atoms with van der Waals surface area (Å²) in [5.74, 6) is 0. The largest absolute Gasteiger partial charge is 0.265 e. The lowest BCUT2D eigenvalue weighted by molar-refractivity contribution is 0.162. The van der Waals surface area contributed by atoms with Gasteiger partial charge in [0.05, 0.1) is 6.04 Å². The van der Waals surface area contributed by atoms with Crippen LogP contribution < -0.4 is 0 Å². The summed E-state index contributed by atoms with van der Waals surface area (Å²) in [5, 5.41) is 2.20. The molecule has 2 atom stereocenters. The van der Waals surface area contributed by atoms with Crippen molar-refractivity contribution in [3.8, 4) is 0 Å². The van der Waals surface area contributed by atoms with Gasteiger partial charge in [-0.15, -0.1) is 5.06 Å². The first-order valence-electron chi connectivity index (χ1n) is 10.5. The van der Waals surface area contributed by atoms with Crippen LogP contribution in [0.4, 0.5) is 0 Å². The highest BCUT2D eigenvalue weighted by Crippen LogP contribution is 2.55. The van der Waals surface area contributed by atoms with Crippen LogP contribution in [0.1, 0.15) is 55.8 Å². The van der Waals surface area contributed by atoms with Gasteiger partial charge in [-0.2, -0.15) is 0 Å². The Balaban J connectivity index is 1.68. The third-order valence-electron chi connectivity index (χ3n) is 5.54. The lowest BCUT2D eigenvalue weighted by Gasteiger charge is -2.21. The van der Waals surface area contributed by atoms with Gasteiger partial charge in [-0.25, -0.2) is 0 Å². The third kappa shape index (κ3) is 4.34. The monoisotopic (exact) mass is 383 g/mol. The number of unbranched alkanes of at least 4 members (excludes halogenated alkanes) is 1. The number of hydrogen-bond donors (Lipinski definition) is 0. The molecule has 1 saturated heterocycles. The topological polar surface area (TPSA) is 15.5 Å². The van der Waals surface area contributed by atoms with Crippen LogP contribution in [0.2, 0.25) is 0 Å². The van der Waals surface area contributed by atoms with Crippen molar-refractivity contribution >= 4 is 0 Å². The highest BCUT2D eigenvalue weighted by atomic mass is 16.9. The van der Waals surface area contributed by atoms with Crippen LogP contribution in [-0.2, 0) is 10.6 Å². The van der Waals surface area contributed by atoms with Gasteiger partial charge in [0.15, 0.2) is 5.72 Å². The summed E-state index contributed by atoms with van der Waals surface area (Å²) in [6.07, 6.45) is 5.45. The van der Waals surface area contributed by atoms with E-state index in [4.69, 9.17) is 4.84 Å². The average Bonchev–Trinajstić information content (AvgIpc) is 3.48. The Morgan fingerprint density at radius 3 is 1.86 bits per heavy atom. The molecule has 4 rings (SSSR count). The number of hydrogen-bond acceptors (Lipinski definition) is 2. The molecule has 0 radical (unpaired) electrons. The zero-order valence-corrected chi connectivity index (χ0v) is 17.3. The second kappa shape index (κ2) is 8.77. The molecule has 0 bridgehead atoms. The zero-order valence-electron chi connectivity index (χ0n) is 17.3. The van der Waals surface area contributed by atoms with Gasteiger partial charge in [0.25, 0.3) is 0 Å². The fraction of sp³-hybridized carbons (Fsp3) is 0.259. The molecule has 2 heteroatoms. The van der Waals surface area contributed by atoms with Crippen molar-refractivity contribution in [1.82, 2.24) is 5.06 Å². The van der Waals surface area contributed by atoms with Crippen molar-refractivity contribution in [2.45, 2.75) is 44.9 Å². The molecule has 0 N–H and O–H groups in total. The van der Waals surface area contributed by atoms with Gasteiger partial charge in [0.1, 0.15) is 0 Å². The molecule has 0 spiro atoms. The minimum Gasteiger partial charge on any atom is -0.265 e. The molecule has 0 aromatic heterocycles. The van der Waals surface area contributed by atoms with Gasteiger partial charge in [0, 0.05) is 5.56 Å². The quantitative estimate of drug-likeness (QED) is 0.236. The molecule has 1 heterocycles. The van der Waals surface area contributed by atoms with Crippen LogP contribution >= 0.6 is 0 Å². The summed E-state index contributed by atoms with van der Waals surface area (Å²) < 4.78 is 0. The summed E-state index contributed by atoms with van der Waals surface area (Å²) in [5.41, 5.74) is 4.74. The highest BCUT2D eigenvalue weighted by Gasteiger charge is 2.59. The number of allylic oxidation sites excluding steroid dienone is 2. The van der Waals surface area contributed by atoms with Crippen LogP contribution in [0, 0.1) is 0 Å². The van der Waals surface area contributed by atoms with Crippen LogP contribution in [0.25, 0.3) is 0 Å². The van der Waals surface area contributed by atoms with Gasteiger partial charge >= 0.3 is 0 Å². The van der Waals surface area contributed by atoms with E-state index in [-0.39, 0.29) is 11.8 Å².